The lowest BCUT2D eigenvalue weighted by molar-refractivity contribution is 0.545. The van der Waals surface area contributed by atoms with Gasteiger partial charge in [-0.1, -0.05) is 25.4 Å². The van der Waals surface area contributed by atoms with Crippen LogP contribution in [0.15, 0.2) is 18.2 Å². The number of hydrogen-bond acceptors (Lipinski definition) is 3. The molecule has 0 saturated carbocycles. The van der Waals surface area contributed by atoms with Crippen molar-refractivity contribution in [1.29, 1.82) is 0 Å². The fraction of sp³-hybridized carbons (Fsp3) is 0.500. The van der Waals surface area contributed by atoms with Crippen molar-refractivity contribution in [3.63, 3.8) is 0 Å². The molecule has 0 radical (unpaired) electrons. The monoisotopic (exact) mass is 297 g/mol. The van der Waals surface area contributed by atoms with E-state index in [9.17, 15) is 0 Å². The summed E-state index contributed by atoms with van der Waals surface area (Å²) in [4.78, 5) is 1.24. The molecule has 0 aliphatic heterocycles. The molecular formula is C14H20ClN3S. The zero-order valence-corrected chi connectivity index (χ0v) is 13.2. The van der Waals surface area contributed by atoms with Gasteiger partial charge in [0.1, 0.15) is 0 Å². The maximum Gasteiger partial charge on any atom is 0.0931 e. The van der Waals surface area contributed by atoms with Crippen molar-refractivity contribution in [2.45, 2.75) is 39.8 Å². The Labute approximate surface area is 123 Å². The molecule has 5 heteroatoms. The molecule has 1 unspecified atom stereocenters. The van der Waals surface area contributed by atoms with Crippen LogP contribution in [0.25, 0.3) is 0 Å². The first-order valence-corrected chi connectivity index (χ1v) is 7.94. The lowest BCUT2D eigenvalue weighted by Gasteiger charge is -2.17. The third-order valence-corrected chi connectivity index (χ3v) is 4.40. The van der Waals surface area contributed by atoms with Crippen LogP contribution in [-0.2, 0) is 13.0 Å². The average Bonchev–Trinajstić information content (AvgIpc) is 3.02. The van der Waals surface area contributed by atoms with E-state index in [1.165, 1.54) is 10.6 Å². The summed E-state index contributed by atoms with van der Waals surface area (Å²) >= 11 is 7.70. The van der Waals surface area contributed by atoms with Gasteiger partial charge in [0.25, 0.3) is 0 Å². The largest absolute Gasteiger partial charge is 0.305 e. The summed E-state index contributed by atoms with van der Waals surface area (Å²) in [6.45, 7) is 8.18. The summed E-state index contributed by atoms with van der Waals surface area (Å²) in [6, 6.07) is 6.43. The van der Waals surface area contributed by atoms with Crippen LogP contribution in [-0.4, -0.2) is 16.3 Å². The van der Waals surface area contributed by atoms with Gasteiger partial charge in [0, 0.05) is 11.4 Å². The fourth-order valence-electron chi connectivity index (χ4n) is 2.18. The fourth-order valence-corrected chi connectivity index (χ4v) is 3.33. The molecule has 2 aromatic rings. The molecule has 1 N–H and O–H groups in total. The molecule has 2 heterocycles. The van der Waals surface area contributed by atoms with Crippen molar-refractivity contribution in [3.8, 4) is 0 Å². The molecule has 3 nitrogen and oxygen atoms in total. The highest BCUT2D eigenvalue weighted by Gasteiger charge is 2.20. The van der Waals surface area contributed by atoms with E-state index in [2.05, 4.69) is 48.0 Å². The minimum Gasteiger partial charge on any atom is -0.305 e. The zero-order chi connectivity index (χ0) is 13.8. The molecular weight excluding hydrogens is 278 g/mol. The van der Waals surface area contributed by atoms with E-state index in [1.807, 2.05) is 6.07 Å². The first kappa shape index (κ1) is 14.6. The molecule has 0 aliphatic carbocycles. The number of thiophene rings is 1. The molecule has 0 saturated heterocycles. The summed E-state index contributed by atoms with van der Waals surface area (Å²) in [5.41, 5.74) is 2.36. The summed E-state index contributed by atoms with van der Waals surface area (Å²) in [5, 5.41) is 8.16. The van der Waals surface area contributed by atoms with Crippen LogP contribution in [0, 0.1) is 0 Å². The van der Waals surface area contributed by atoms with E-state index in [1.54, 1.807) is 11.3 Å². The second kappa shape index (κ2) is 6.55. The minimum atomic E-state index is 0.176. The van der Waals surface area contributed by atoms with Gasteiger partial charge in [-0.25, -0.2) is 0 Å². The van der Waals surface area contributed by atoms with Crippen LogP contribution in [0.1, 0.15) is 43.1 Å². The molecule has 19 heavy (non-hydrogen) atoms. The van der Waals surface area contributed by atoms with E-state index >= 15 is 0 Å². The van der Waals surface area contributed by atoms with Gasteiger partial charge in [-0.2, -0.15) is 5.10 Å². The van der Waals surface area contributed by atoms with Crippen molar-refractivity contribution in [3.05, 3.63) is 38.8 Å². The molecule has 104 valence electrons. The molecule has 0 fully saturated rings. The van der Waals surface area contributed by atoms with Crippen LogP contribution in [0.3, 0.4) is 0 Å². The second-order valence-electron chi connectivity index (χ2n) is 4.36. The van der Waals surface area contributed by atoms with Gasteiger partial charge in [0.15, 0.2) is 0 Å². The van der Waals surface area contributed by atoms with Crippen molar-refractivity contribution in [1.82, 2.24) is 15.1 Å². The van der Waals surface area contributed by atoms with Crippen molar-refractivity contribution in [2.24, 2.45) is 0 Å². The second-order valence-corrected chi connectivity index (χ2v) is 6.11. The summed E-state index contributed by atoms with van der Waals surface area (Å²) < 4.78 is 2.91. The first-order valence-electron chi connectivity index (χ1n) is 6.74. The molecule has 0 aromatic carbocycles. The molecule has 0 spiro atoms. The summed E-state index contributed by atoms with van der Waals surface area (Å²) in [7, 11) is 0. The number of hydrogen-bond donors (Lipinski definition) is 1. The van der Waals surface area contributed by atoms with Gasteiger partial charge < -0.3 is 5.32 Å². The topological polar surface area (TPSA) is 29.9 Å². The number of nitrogens with zero attached hydrogens (tertiary/aromatic N) is 2. The van der Waals surface area contributed by atoms with Gasteiger partial charge in [-0.3, -0.25) is 4.68 Å². The van der Waals surface area contributed by atoms with E-state index in [0.717, 1.165) is 29.5 Å². The normalized spacial score (nSPS) is 12.8. The number of aromatic nitrogens is 2. The SMILES string of the molecule is CCNC(c1ccc(Cl)s1)c1cc(CC)nn1CC. The summed E-state index contributed by atoms with van der Waals surface area (Å²) in [5.74, 6) is 0. The van der Waals surface area contributed by atoms with Crippen LogP contribution in [0.2, 0.25) is 4.34 Å². The van der Waals surface area contributed by atoms with E-state index < -0.39 is 0 Å². The van der Waals surface area contributed by atoms with E-state index in [-0.39, 0.29) is 6.04 Å². The van der Waals surface area contributed by atoms with Crippen molar-refractivity contribution >= 4 is 22.9 Å². The zero-order valence-electron chi connectivity index (χ0n) is 11.6. The van der Waals surface area contributed by atoms with Crippen LogP contribution in [0.5, 0.6) is 0 Å². The molecule has 2 aromatic heterocycles. The Hall–Kier alpha value is -0.840. The predicted molar refractivity (Wildman–Crippen MR) is 82.1 cm³/mol. The Morgan fingerprint density at radius 2 is 2.16 bits per heavy atom. The smallest absolute Gasteiger partial charge is 0.0931 e. The Kier molecular flexibility index (Phi) is 5.02. The third-order valence-electron chi connectivity index (χ3n) is 3.11. The van der Waals surface area contributed by atoms with Gasteiger partial charge in [-0.05, 0) is 38.1 Å². The Morgan fingerprint density at radius 1 is 1.37 bits per heavy atom. The van der Waals surface area contributed by atoms with Gasteiger partial charge in [-0.15, -0.1) is 11.3 Å². The van der Waals surface area contributed by atoms with Crippen molar-refractivity contribution < 1.29 is 0 Å². The Balaban J connectivity index is 2.40. The van der Waals surface area contributed by atoms with Crippen LogP contribution >= 0.6 is 22.9 Å². The first-order chi connectivity index (χ1) is 9.19. The molecule has 0 bridgehead atoms. The minimum absolute atomic E-state index is 0.176. The summed E-state index contributed by atoms with van der Waals surface area (Å²) in [6.07, 6.45) is 0.962. The van der Waals surface area contributed by atoms with Gasteiger partial charge in [0.2, 0.25) is 0 Å². The average molecular weight is 298 g/mol. The molecule has 2 rings (SSSR count). The standard InChI is InChI=1S/C14H20ClN3S/c1-4-10-9-11(18(6-3)17-10)14(16-5-2)12-7-8-13(15)19-12/h7-9,14,16H,4-6H2,1-3H3. The van der Waals surface area contributed by atoms with Crippen LogP contribution < -0.4 is 5.32 Å². The maximum atomic E-state index is 6.07. The number of aryl methyl sites for hydroxylation is 2. The lowest BCUT2D eigenvalue weighted by Crippen LogP contribution is -2.24. The Morgan fingerprint density at radius 3 is 2.68 bits per heavy atom. The van der Waals surface area contributed by atoms with E-state index in [0.29, 0.717) is 0 Å². The van der Waals surface area contributed by atoms with Gasteiger partial charge >= 0.3 is 0 Å². The van der Waals surface area contributed by atoms with Crippen LogP contribution in [0.4, 0.5) is 0 Å². The highest BCUT2D eigenvalue weighted by Crippen LogP contribution is 2.31. The third kappa shape index (κ3) is 3.19. The molecule has 0 amide bonds. The molecule has 0 aliphatic rings. The number of nitrogens with one attached hydrogen (secondary N) is 1. The maximum absolute atomic E-state index is 6.07. The number of halogens is 1. The predicted octanol–water partition coefficient (Wildman–Crippen LogP) is 3.88. The van der Waals surface area contributed by atoms with Gasteiger partial charge in [0.05, 0.1) is 21.8 Å². The highest BCUT2D eigenvalue weighted by molar-refractivity contribution is 7.16. The Bertz CT molecular complexity index is 533. The molecule has 1 atom stereocenters. The lowest BCUT2D eigenvalue weighted by atomic mass is 10.1. The van der Waals surface area contributed by atoms with E-state index in [4.69, 9.17) is 11.6 Å². The van der Waals surface area contributed by atoms with Crippen molar-refractivity contribution in [2.75, 3.05) is 6.54 Å². The number of rotatable bonds is 6. The quantitative estimate of drug-likeness (QED) is 0.877. The highest BCUT2D eigenvalue weighted by atomic mass is 35.5.